The zero-order valence-corrected chi connectivity index (χ0v) is 26.1. The predicted octanol–water partition coefficient (Wildman–Crippen LogP) is 7.85. The van der Waals surface area contributed by atoms with Crippen LogP contribution in [0.5, 0.6) is 0 Å². The van der Waals surface area contributed by atoms with Gasteiger partial charge in [-0.05, 0) is 75.9 Å². The number of aromatic nitrogens is 2. The summed E-state index contributed by atoms with van der Waals surface area (Å²) in [5.74, 6) is 0.570. The van der Waals surface area contributed by atoms with Gasteiger partial charge in [-0.25, -0.2) is 9.78 Å². The Balaban J connectivity index is 1.75. The number of hydrogen-bond donors (Lipinski definition) is 1. The molecular formula is C35H44N4O3. The Morgan fingerprint density at radius 1 is 0.976 bits per heavy atom. The standard InChI is InChI=1S/C35H44N4O3/c1-8-11-16-32-37-33-30(36-24(4)40)21-27(38(9-2)10-3)22-31(33)39(32)23-25-17-19-26(20-18-25)28-14-12-13-15-29(28)34(41)42-35(5,6)7/h12-15,17-22H,8-11,16,23H2,1-7H3,(H,36,40). The molecule has 3 aromatic carbocycles. The second-order valence-electron chi connectivity index (χ2n) is 11.7. The molecule has 42 heavy (non-hydrogen) atoms. The predicted molar refractivity (Wildman–Crippen MR) is 172 cm³/mol. The van der Waals surface area contributed by atoms with E-state index in [9.17, 15) is 9.59 Å². The number of rotatable bonds is 11. The van der Waals surface area contributed by atoms with Crippen molar-refractivity contribution >= 4 is 34.3 Å². The van der Waals surface area contributed by atoms with Crippen LogP contribution in [0, 0.1) is 0 Å². The van der Waals surface area contributed by atoms with Crippen LogP contribution in [0.2, 0.25) is 0 Å². The molecule has 0 aliphatic heterocycles. The van der Waals surface area contributed by atoms with Crippen molar-refractivity contribution in [3.63, 3.8) is 0 Å². The van der Waals surface area contributed by atoms with Gasteiger partial charge in [-0.15, -0.1) is 0 Å². The fourth-order valence-electron chi connectivity index (χ4n) is 5.23. The SMILES string of the molecule is CCCCc1nc2c(NC(C)=O)cc(N(CC)CC)cc2n1Cc1ccc(-c2ccccc2C(=O)OC(C)(C)C)cc1. The molecule has 4 aromatic rings. The van der Waals surface area contributed by atoms with E-state index in [4.69, 9.17) is 9.72 Å². The minimum Gasteiger partial charge on any atom is -0.456 e. The van der Waals surface area contributed by atoms with Crippen LogP contribution in [-0.4, -0.2) is 40.1 Å². The molecule has 0 spiro atoms. The summed E-state index contributed by atoms with van der Waals surface area (Å²) in [7, 11) is 0. The molecule has 0 saturated heterocycles. The summed E-state index contributed by atoms with van der Waals surface area (Å²) >= 11 is 0. The molecular weight excluding hydrogens is 524 g/mol. The van der Waals surface area contributed by atoms with Crippen LogP contribution in [0.15, 0.2) is 60.7 Å². The molecule has 7 heteroatoms. The van der Waals surface area contributed by atoms with E-state index in [0.717, 1.165) is 77.3 Å². The first-order chi connectivity index (χ1) is 20.0. The number of carbonyl (C=O) groups is 2. The van der Waals surface area contributed by atoms with Crippen molar-refractivity contribution in [2.24, 2.45) is 0 Å². The minimum atomic E-state index is -0.567. The largest absolute Gasteiger partial charge is 0.456 e. The van der Waals surface area contributed by atoms with Crippen LogP contribution in [0.1, 0.15) is 83.1 Å². The minimum absolute atomic E-state index is 0.111. The molecule has 7 nitrogen and oxygen atoms in total. The maximum absolute atomic E-state index is 12.9. The first kappa shape index (κ1) is 30.8. The number of esters is 1. The second kappa shape index (κ2) is 13.2. The Morgan fingerprint density at radius 2 is 1.67 bits per heavy atom. The summed E-state index contributed by atoms with van der Waals surface area (Å²) in [6.07, 6.45) is 2.95. The Labute approximate surface area is 249 Å². The number of carbonyl (C=O) groups excluding carboxylic acids is 2. The summed E-state index contributed by atoms with van der Waals surface area (Å²) in [5, 5.41) is 3.03. The monoisotopic (exact) mass is 568 g/mol. The number of aryl methyl sites for hydroxylation is 1. The fraction of sp³-hybridized carbons (Fsp3) is 0.400. The maximum atomic E-state index is 12.9. The van der Waals surface area contributed by atoms with E-state index in [-0.39, 0.29) is 11.9 Å². The number of benzene rings is 3. The Bertz CT molecular complexity index is 1540. The summed E-state index contributed by atoms with van der Waals surface area (Å²) in [6, 6.07) is 20.2. The summed E-state index contributed by atoms with van der Waals surface area (Å²) in [5.41, 5.74) is 6.54. The van der Waals surface area contributed by atoms with Crippen molar-refractivity contribution < 1.29 is 14.3 Å². The van der Waals surface area contributed by atoms with Crippen LogP contribution in [0.25, 0.3) is 22.2 Å². The molecule has 1 N–H and O–H groups in total. The van der Waals surface area contributed by atoms with Crippen LogP contribution >= 0.6 is 0 Å². The first-order valence-electron chi connectivity index (χ1n) is 15.0. The number of nitrogens with zero attached hydrogens (tertiary/aromatic N) is 3. The van der Waals surface area contributed by atoms with E-state index in [1.807, 2.05) is 51.1 Å². The van der Waals surface area contributed by atoms with E-state index in [2.05, 4.69) is 65.9 Å². The van der Waals surface area contributed by atoms with Crippen molar-refractivity contribution in [1.82, 2.24) is 9.55 Å². The third-order valence-corrected chi connectivity index (χ3v) is 7.26. The van der Waals surface area contributed by atoms with Crippen LogP contribution in [0.3, 0.4) is 0 Å². The lowest BCUT2D eigenvalue weighted by molar-refractivity contribution is -0.114. The van der Waals surface area contributed by atoms with E-state index in [1.165, 1.54) is 6.92 Å². The van der Waals surface area contributed by atoms with E-state index in [1.54, 1.807) is 0 Å². The van der Waals surface area contributed by atoms with Gasteiger partial charge in [0.25, 0.3) is 0 Å². The highest BCUT2D eigenvalue weighted by atomic mass is 16.6. The summed E-state index contributed by atoms with van der Waals surface area (Å²) in [6.45, 7) is 16.0. The number of imidazole rings is 1. The number of hydrogen-bond acceptors (Lipinski definition) is 5. The molecule has 0 aliphatic carbocycles. The van der Waals surface area contributed by atoms with Gasteiger partial charge in [-0.3, -0.25) is 4.79 Å². The molecule has 0 atom stereocenters. The van der Waals surface area contributed by atoms with Gasteiger partial charge >= 0.3 is 5.97 Å². The van der Waals surface area contributed by atoms with Gasteiger partial charge < -0.3 is 19.5 Å². The van der Waals surface area contributed by atoms with Gasteiger partial charge in [0.1, 0.15) is 16.9 Å². The average molecular weight is 569 g/mol. The smallest absolute Gasteiger partial charge is 0.339 e. The van der Waals surface area contributed by atoms with Gasteiger partial charge in [-0.2, -0.15) is 0 Å². The lowest BCUT2D eigenvalue weighted by Gasteiger charge is -2.22. The third kappa shape index (κ3) is 7.19. The van der Waals surface area contributed by atoms with Crippen LogP contribution in [0.4, 0.5) is 11.4 Å². The van der Waals surface area contributed by atoms with Gasteiger partial charge in [0, 0.05) is 38.7 Å². The topological polar surface area (TPSA) is 76.5 Å². The molecule has 0 bridgehead atoms. The fourth-order valence-corrected chi connectivity index (χ4v) is 5.23. The maximum Gasteiger partial charge on any atom is 0.339 e. The number of amides is 1. The van der Waals surface area contributed by atoms with Crippen LogP contribution < -0.4 is 10.2 Å². The molecule has 1 aromatic heterocycles. The normalized spacial score (nSPS) is 11.5. The number of anilines is 2. The highest BCUT2D eigenvalue weighted by molar-refractivity contribution is 6.01. The molecule has 0 aliphatic rings. The summed E-state index contributed by atoms with van der Waals surface area (Å²) < 4.78 is 7.95. The molecule has 1 amide bonds. The van der Waals surface area contributed by atoms with Crippen molar-refractivity contribution in [3.8, 4) is 11.1 Å². The van der Waals surface area contributed by atoms with Crippen molar-refractivity contribution in [2.75, 3.05) is 23.3 Å². The summed E-state index contributed by atoms with van der Waals surface area (Å²) in [4.78, 5) is 32.4. The second-order valence-corrected chi connectivity index (χ2v) is 11.7. The molecule has 0 unspecified atom stereocenters. The molecule has 0 radical (unpaired) electrons. The van der Waals surface area contributed by atoms with Gasteiger partial charge in [0.05, 0.1) is 16.8 Å². The molecule has 222 valence electrons. The van der Waals surface area contributed by atoms with Crippen molar-refractivity contribution in [2.45, 2.75) is 79.9 Å². The van der Waals surface area contributed by atoms with Gasteiger partial charge in [0.2, 0.25) is 5.91 Å². The van der Waals surface area contributed by atoms with E-state index < -0.39 is 5.60 Å². The van der Waals surface area contributed by atoms with Crippen LogP contribution in [-0.2, 0) is 22.5 Å². The lowest BCUT2D eigenvalue weighted by atomic mass is 9.98. The number of unbranched alkanes of at least 4 members (excludes halogenated alkanes) is 1. The number of fused-ring (bicyclic) bond motifs is 1. The molecule has 0 fully saturated rings. The zero-order chi connectivity index (χ0) is 30.4. The van der Waals surface area contributed by atoms with Crippen molar-refractivity contribution in [3.05, 3.63) is 77.6 Å². The lowest BCUT2D eigenvalue weighted by Crippen LogP contribution is -2.24. The van der Waals surface area contributed by atoms with E-state index >= 15 is 0 Å². The number of nitrogens with one attached hydrogen (secondary N) is 1. The Kier molecular flexibility index (Phi) is 9.71. The molecule has 1 heterocycles. The molecule has 0 saturated carbocycles. The first-order valence-corrected chi connectivity index (χ1v) is 15.0. The number of ether oxygens (including phenoxy) is 1. The van der Waals surface area contributed by atoms with Gasteiger partial charge in [0.15, 0.2) is 0 Å². The Hall–Kier alpha value is -4.13. The highest BCUT2D eigenvalue weighted by Crippen LogP contribution is 2.32. The molecule has 4 rings (SSSR count). The van der Waals surface area contributed by atoms with E-state index in [0.29, 0.717) is 12.1 Å². The zero-order valence-electron chi connectivity index (χ0n) is 26.1. The Morgan fingerprint density at radius 3 is 2.29 bits per heavy atom. The van der Waals surface area contributed by atoms with Gasteiger partial charge in [-0.1, -0.05) is 55.8 Å². The average Bonchev–Trinajstić information content (AvgIpc) is 3.29. The third-order valence-electron chi connectivity index (χ3n) is 7.26. The van der Waals surface area contributed by atoms with Crippen molar-refractivity contribution in [1.29, 1.82) is 0 Å². The highest BCUT2D eigenvalue weighted by Gasteiger charge is 2.21. The quantitative estimate of drug-likeness (QED) is 0.186.